The van der Waals surface area contributed by atoms with Gasteiger partial charge in [-0.15, -0.1) is 0 Å². The summed E-state index contributed by atoms with van der Waals surface area (Å²) >= 11 is 0. The van der Waals surface area contributed by atoms with Gasteiger partial charge in [0.05, 0.1) is 0 Å². The average molecular weight is 457 g/mol. The van der Waals surface area contributed by atoms with Gasteiger partial charge in [-0.25, -0.2) is 4.79 Å². The molecule has 7 heteroatoms. The van der Waals surface area contributed by atoms with Crippen LogP contribution in [-0.2, 0) is 4.79 Å². The SMILES string of the molecule is O=C(NC(C(=O)NC1CCN(C(=O)Nc2ccccc2)CC1)c1ccccc1)c1ccccc1. The summed E-state index contributed by atoms with van der Waals surface area (Å²) in [6.07, 6.45) is 1.28. The van der Waals surface area contributed by atoms with E-state index in [2.05, 4.69) is 16.0 Å². The lowest BCUT2D eigenvalue weighted by Gasteiger charge is -2.33. The Kier molecular flexibility index (Phi) is 7.55. The molecule has 1 atom stereocenters. The van der Waals surface area contributed by atoms with Crippen molar-refractivity contribution in [2.24, 2.45) is 0 Å². The number of urea groups is 1. The number of amides is 4. The van der Waals surface area contributed by atoms with E-state index < -0.39 is 6.04 Å². The van der Waals surface area contributed by atoms with Crippen LogP contribution < -0.4 is 16.0 Å². The molecular formula is C27H28N4O3. The lowest BCUT2D eigenvalue weighted by Crippen LogP contribution is -2.50. The fourth-order valence-electron chi connectivity index (χ4n) is 3.99. The van der Waals surface area contributed by atoms with E-state index in [1.807, 2.05) is 66.7 Å². The predicted octanol–water partition coefficient (Wildman–Crippen LogP) is 3.97. The zero-order valence-electron chi connectivity index (χ0n) is 18.8. The van der Waals surface area contributed by atoms with Crippen LogP contribution in [0.5, 0.6) is 0 Å². The lowest BCUT2D eigenvalue weighted by atomic mass is 10.0. The van der Waals surface area contributed by atoms with Crippen molar-refractivity contribution in [1.82, 2.24) is 15.5 Å². The van der Waals surface area contributed by atoms with Gasteiger partial charge < -0.3 is 20.9 Å². The smallest absolute Gasteiger partial charge is 0.321 e. The third-order valence-electron chi connectivity index (χ3n) is 5.86. The molecule has 0 saturated carbocycles. The summed E-state index contributed by atoms with van der Waals surface area (Å²) in [5, 5.41) is 8.84. The first-order valence-corrected chi connectivity index (χ1v) is 11.4. The average Bonchev–Trinajstić information content (AvgIpc) is 2.89. The maximum atomic E-state index is 13.2. The van der Waals surface area contributed by atoms with Gasteiger partial charge in [0.15, 0.2) is 0 Å². The second-order valence-electron chi connectivity index (χ2n) is 8.25. The Morgan fingerprint density at radius 1 is 0.765 bits per heavy atom. The zero-order valence-corrected chi connectivity index (χ0v) is 18.8. The van der Waals surface area contributed by atoms with Crippen LogP contribution in [0.25, 0.3) is 0 Å². The third kappa shape index (κ3) is 6.01. The van der Waals surface area contributed by atoms with E-state index in [1.54, 1.807) is 29.2 Å². The molecule has 4 amide bonds. The van der Waals surface area contributed by atoms with Gasteiger partial charge in [0.2, 0.25) is 5.91 Å². The highest BCUT2D eigenvalue weighted by atomic mass is 16.2. The van der Waals surface area contributed by atoms with Crippen molar-refractivity contribution < 1.29 is 14.4 Å². The fraction of sp³-hybridized carbons (Fsp3) is 0.222. The number of carbonyl (C=O) groups excluding carboxylic acids is 3. The molecule has 1 fully saturated rings. The minimum atomic E-state index is -0.812. The van der Waals surface area contributed by atoms with Crippen LogP contribution >= 0.6 is 0 Å². The standard InChI is InChI=1S/C27H28N4O3/c32-25(21-12-6-2-7-13-21)30-24(20-10-4-1-5-11-20)26(33)28-23-16-18-31(19-17-23)27(34)29-22-14-8-3-9-15-22/h1-15,23-24H,16-19H2,(H,28,33)(H,29,34)(H,30,32). The van der Waals surface area contributed by atoms with Crippen LogP contribution in [0.15, 0.2) is 91.0 Å². The molecule has 4 rings (SSSR count). The molecule has 0 radical (unpaired) electrons. The molecule has 3 N–H and O–H groups in total. The molecule has 3 aromatic rings. The summed E-state index contributed by atoms with van der Waals surface area (Å²) < 4.78 is 0. The van der Waals surface area contributed by atoms with E-state index in [1.165, 1.54) is 0 Å². The Labute approximate surface area is 199 Å². The second-order valence-corrected chi connectivity index (χ2v) is 8.25. The maximum absolute atomic E-state index is 13.2. The molecular weight excluding hydrogens is 428 g/mol. The van der Waals surface area contributed by atoms with Crippen molar-refractivity contribution in [3.05, 3.63) is 102 Å². The Morgan fingerprint density at radius 2 is 1.32 bits per heavy atom. The van der Waals surface area contributed by atoms with Crippen molar-refractivity contribution >= 4 is 23.5 Å². The number of anilines is 1. The number of para-hydroxylation sites is 1. The molecule has 1 aliphatic heterocycles. The Balaban J connectivity index is 1.35. The molecule has 1 saturated heterocycles. The summed E-state index contributed by atoms with van der Waals surface area (Å²) in [6.45, 7) is 1.08. The Morgan fingerprint density at radius 3 is 1.94 bits per heavy atom. The van der Waals surface area contributed by atoms with Gasteiger partial charge in [0.1, 0.15) is 6.04 Å². The van der Waals surface area contributed by atoms with Gasteiger partial charge in [-0.2, -0.15) is 0 Å². The molecule has 34 heavy (non-hydrogen) atoms. The number of hydrogen-bond acceptors (Lipinski definition) is 3. The van der Waals surface area contributed by atoms with Crippen molar-refractivity contribution in [2.45, 2.75) is 24.9 Å². The van der Waals surface area contributed by atoms with Gasteiger partial charge >= 0.3 is 6.03 Å². The molecule has 0 bridgehead atoms. The van der Waals surface area contributed by atoms with E-state index in [0.29, 0.717) is 37.1 Å². The van der Waals surface area contributed by atoms with E-state index in [0.717, 1.165) is 5.69 Å². The number of nitrogens with zero attached hydrogens (tertiary/aromatic N) is 1. The van der Waals surface area contributed by atoms with Crippen molar-refractivity contribution in [2.75, 3.05) is 18.4 Å². The largest absolute Gasteiger partial charge is 0.351 e. The minimum Gasteiger partial charge on any atom is -0.351 e. The summed E-state index contributed by atoms with van der Waals surface area (Å²) in [5.41, 5.74) is 1.96. The molecule has 174 valence electrons. The predicted molar refractivity (Wildman–Crippen MR) is 131 cm³/mol. The van der Waals surface area contributed by atoms with Crippen molar-refractivity contribution in [3.63, 3.8) is 0 Å². The highest BCUT2D eigenvalue weighted by Crippen LogP contribution is 2.17. The number of rotatable bonds is 6. The van der Waals surface area contributed by atoms with Crippen molar-refractivity contribution in [1.29, 1.82) is 0 Å². The summed E-state index contributed by atoms with van der Waals surface area (Å²) in [5.74, 6) is -0.570. The Hall–Kier alpha value is -4.13. The van der Waals surface area contributed by atoms with Gasteiger partial charge in [0, 0.05) is 30.4 Å². The number of benzene rings is 3. The highest BCUT2D eigenvalue weighted by molar-refractivity contribution is 5.98. The topological polar surface area (TPSA) is 90.5 Å². The number of nitrogens with one attached hydrogen (secondary N) is 3. The van der Waals surface area contributed by atoms with Gasteiger partial charge in [0.25, 0.3) is 5.91 Å². The van der Waals surface area contributed by atoms with Crippen LogP contribution in [0.4, 0.5) is 10.5 Å². The third-order valence-corrected chi connectivity index (χ3v) is 5.86. The van der Waals surface area contributed by atoms with Crippen molar-refractivity contribution in [3.8, 4) is 0 Å². The monoisotopic (exact) mass is 456 g/mol. The molecule has 1 aliphatic rings. The summed E-state index contributed by atoms with van der Waals surface area (Å²) in [7, 11) is 0. The summed E-state index contributed by atoms with van der Waals surface area (Å²) in [4.78, 5) is 40.2. The number of carbonyl (C=O) groups is 3. The Bertz CT molecular complexity index is 1100. The highest BCUT2D eigenvalue weighted by Gasteiger charge is 2.28. The van der Waals surface area contributed by atoms with Crippen LogP contribution in [0.2, 0.25) is 0 Å². The lowest BCUT2D eigenvalue weighted by molar-refractivity contribution is -0.124. The first-order chi connectivity index (χ1) is 16.6. The minimum absolute atomic E-state index is 0.0758. The molecule has 3 aromatic carbocycles. The van der Waals surface area contributed by atoms with Crippen LogP contribution in [0, 0.1) is 0 Å². The number of likely N-dealkylation sites (tertiary alicyclic amines) is 1. The molecule has 7 nitrogen and oxygen atoms in total. The normalized spacial score (nSPS) is 14.6. The van der Waals surface area contributed by atoms with Gasteiger partial charge in [-0.3, -0.25) is 9.59 Å². The number of piperidine rings is 1. The van der Waals surface area contributed by atoms with Crippen LogP contribution in [-0.4, -0.2) is 41.9 Å². The van der Waals surface area contributed by atoms with Gasteiger partial charge in [-0.05, 0) is 42.7 Å². The van der Waals surface area contributed by atoms with Gasteiger partial charge in [-0.1, -0.05) is 66.7 Å². The van der Waals surface area contributed by atoms with E-state index in [9.17, 15) is 14.4 Å². The van der Waals surface area contributed by atoms with E-state index >= 15 is 0 Å². The molecule has 0 spiro atoms. The first-order valence-electron chi connectivity index (χ1n) is 11.4. The zero-order chi connectivity index (χ0) is 23.8. The molecule has 0 aliphatic carbocycles. The summed E-state index contributed by atoms with van der Waals surface area (Å²) in [6, 6.07) is 26.3. The molecule has 0 aromatic heterocycles. The van der Waals surface area contributed by atoms with E-state index in [-0.39, 0.29) is 23.9 Å². The maximum Gasteiger partial charge on any atom is 0.321 e. The fourth-order valence-corrected chi connectivity index (χ4v) is 3.99. The second kappa shape index (κ2) is 11.1. The van der Waals surface area contributed by atoms with Crippen LogP contribution in [0.1, 0.15) is 34.8 Å². The van der Waals surface area contributed by atoms with Crippen LogP contribution in [0.3, 0.4) is 0 Å². The van der Waals surface area contributed by atoms with E-state index in [4.69, 9.17) is 0 Å². The quantitative estimate of drug-likeness (QED) is 0.524. The molecule has 1 heterocycles. The molecule has 1 unspecified atom stereocenters. The number of hydrogen-bond donors (Lipinski definition) is 3. The first kappa shape index (κ1) is 23.0.